The molecular formula is C12H14OS. The van der Waals surface area contributed by atoms with Crippen LogP contribution in [-0.4, -0.2) is 11.2 Å². The first-order valence-corrected chi connectivity index (χ1v) is 5.69. The van der Waals surface area contributed by atoms with E-state index in [0.29, 0.717) is 0 Å². The van der Waals surface area contributed by atoms with Crippen LogP contribution in [0.25, 0.3) is 10.1 Å². The second kappa shape index (κ2) is 3.71. The van der Waals surface area contributed by atoms with Gasteiger partial charge in [0.15, 0.2) is 0 Å². The smallest absolute Gasteiger partial charge is 0.0552 e. The lowest BCUT2D eigenvalue weighted by Gasteiger charge is -2.02. The Bertz CT molecular complexity index is 443. The van der Waals surface area contributed by atoms with Gasteiger partial charge in [0.2, 0.25) is 0 Å². The molecule has 0 saturated heterocycles. The van der Waals surface area contributed by atoms with Gasteiger partial charge in [-0.1, -0.05) is 17.7 Å². The summed E-state index contributed by atoms with van der Waals surface area (Å²) in [5, 5.41) is 12.8. The van der Waals surface area contributed by atoms with Crippen molar-refractivity contribution in [2.45, 2.75) is 26.4 Å². The molecule has 0 fully saturated rings. The summed E-state index contributed by atoms with van der Waals surface area (Å²) in [6, 6.07) is 6.48. The van der Waals surface area contributed by atoms with Gasteiger partial charge in [-0.05, 0) is 42.7 Å². The molecule has 0 aliphatic carbocycles. The van der Waals surface area contributed by atoms with Gasteiger partial charge in [-0.3, -0.25) is 0 Å². The fraction of sp³-hybridized carbons (Fsp3) is 0.333. The van der Waals surface area contributed by atoms with Crippen LogP contribution in [0.15, 0.2) is 23.6 Å². The summed E-state index contributed by atoms with van der Waals surface area (Å²) < 4.78 is 1.31. The predicted octanol–water partition coefficient (Wildman–Crippen LogP) is 3.13. The third-order valence-corrected chi connectivity index (χ3v) is 3.34. The first kappa shape index (κ1) is 9.69. The lowest BCUT2D eigenvalue weighted by molar-refractivity contribution is 0.196. The zero-order valence-electron chi connectivity index (χ0n) is 8.45. The van der Waals surface area contributed by atoms with E-state index in [2.05, 4.69) is 30.5 Å². The van der Waals surface area contributed by atoms with Gasteiger partial charge in [0, 0.05) is 4.70 Å². The first-order valence-electron chi connectivity index (χ1n) is 4.81. The number of aryl methyl sites for hydroxylation is 1. The van der Waals surface area contributed by atoms with Gasteiger partial charge in [0.05, 0.1) is 6.10 Å². The van der Waals surface area contributed by atoms with Crippen molar-refractivity contribution in [1.82, 2.24) is 0 Å². The molecule has 1 N–H and O–H groups in total. The molecule has 14 heavy (non-hydrogen) atoms. The van der Waals surface area contributed by atoms with Gasteiger partial charge in [-0.2, -0.15) is 0 Å². The maximum atomic E-state index is 9.36. The zero-order valence-corrected chi connectivity index (χ0v) is 9.27. The SMILES string of the molecule is Cc1ccc2scc(CC(C)O)c2c1. The summed E-state index contributed by atoms with van der Waals surface area (Å²) >= 11 is 1.75. The number of hydrogen-bond acceptors (Lipinski definition) is 2. The molecule has 0 spiro atoms. The van der Waals surface area contributed by atoms with E-state index < -0.39 is 0 Å². The van der Waals surface area contributed by atoms with Crippen molar-refractivity contribution in [1.29, 1.82) is 0 Å². The Labute approximate surface area is 88.0 Å². The molecule has 74 valence electrons. The molecule has 2 rings (SSSR count). The summed E-state index contributed by atoms with van der Waals surface area (Å²) in [4.78, 5) is 0. The van der Waals surface area contributed by atoms with Gasteiger partial charge in [-0.15, -0.1) is 11.3 Å². The molecule has 0 radical (unpaired) electrons. The van der Waals surface area contributed by atoms with Crippen molar-refractivity contribution >= 4 is 21.4 Å². The topological polar surface area (TPSA) is 20.2 Å². The summed E-state index contributed by atoms with van der Waals surface area (Å²) in [6.45, 7) is 3.93. The highest BCUT2D eigenvalue weighted by Crippen LogP contribution is 2.27. The molecule has 2 aromatic rings. The highest BCUT2D eigenvalue weighted by Gasteiger charge is 2.06. The summed E-state index contributed by atoms with van der Waals surface area (Å²) in [5.41, 5.74) is 2.55. The molecule has 1 heterocycles. The van der Waals surface area contributed by atoms with Gasteiger partial charge < -0.3 is 5.11 Å². The van der Waals surface area contributed by atoms with Crippen LogP contribution >= 0.6 is 11.3 Å². The number of hydrogen-bond donors (Lipinski definition) is 1. The standard InChI is InChI=1S/C12H14OS/c1-8-3-4-12-11(5-8)10(7-14-12)6-9(2)13/h3-5,7,9,13H,6H2,1-2H3. The van der Waals surface area contributed by atoms with Crippen LogP contribution in [0.2, 0.25) is 0 Å². The molecule has 0 saturated carbocycles. The number of fused-ring (bicyclic) bond motifs is 1. The van der Waals surface area contributed by atoms with Crippen LogP contribution in [-0.2, 0) is 6.42 Å². The third-order valence-electron chi connectivity index (χ3n) is 2.32. The average Bonchev–Trinajstić information content (AvgIpc) is 2.47. The fourth-order valence-electron chi connectivity index (χ4n) is 1.67. The van der Waals surface area contributed by atoms with Crippen LogP contribution in [0.5, 0.6) is 0 Å². The molecule has 2 heteroatoms. The lowest BCUT2D eigenvalue weighted by Crippen LogP contribution is -2.03. The van der Waals surface area contributed by atoms with E-state index in [1.54, 1.807) is 11.3 Å². The molecule has 1 aromatic carbocycles. The van der Waals surface area contributed by atoms with Crippen LogP contribution < -0.4 is 0 Å². The van der Waals surface area contributed by atoms with Crippen molar-refractivity contribution in [2.24, 2.45) is 0 Å². The minimum Gasteiger partial charge on any atom is -0.393 e. The number of aliphatic hydroxyl groups is 1. The molecular weight excluding hydrogens is 192 g/mol. The Balaban J connectivity index is 2.50. The Hall–Kier alpha value is -0.860. The Morgan fingerprint density at radius 1 is 1.43 bits per heavy atom. The molecule has 0 amide bonds. The van der Waals surface area contributed by atoms with E-state index in [1.165, 1.54) is 21.2 Å². The summed E-state index contributed by atoms with van der Waals surface area (Å²) in [5.74, 6) is 0. The Morgan fingerprint density at radius 2 is 2.21 bits per heavy atom. The lowest BCUT2D eigenvalue weighted by atomic mass is 10.1. The van der Waals surface area contributed by atoms with Crippen LogP contribution in [0.3, 0.4) is 0 Å². The fourth-order valence-corrected chi connectivity index (χ4v) is 2.63. The zero-order chi connectivity index (χ0) is 10.1. The van der Waals surface area contributed by atoms with Crippen molar-refractivity contribution in [3.8, 4) is 0 Å². The maximum Gasteiger partial charge on any atom is 0.0552 e. The average molecular weight is 206 g/mol. The minimum absolute atomic E-state index is 0.256. The van der Waals surface area contributed by atoms with E-state index in [0.717, 1.165) is 6.42 Å². The van der Waals surface area contributed by atoms with E-state index in [-0.39, 0.29) is 6.10 Å². The van der Waals surface area contributed by atoms with E-state index >= 15 is 0 Å². The maximum absolute atomic E-state index is 9.36. The number of aliphatic hydroxyl groups excluding tert-OH is 1. The van der Waals surface area contributed by atoms with E-state index in [9.17, 15) is 5.11 Å². The molecule has 0 bridgehead atoms. The number of rotatable bonds is 2. The molecule has 1 unspecified atom stereocenters. The minimum atomic E-state index is -0.256. The highest BCUT2D eigenvalue weighted by molar-refractivity contribution is 7.17. The van der Waals surface area contributed by atoms with Gasteiger partial charge in [-0.25, -0.2) is 0 Å². The third kappa shape index (κ3) is 1.81. The predicted molar refractivity (Wildman–Crippen MR) is 61.9 cm³/mol. The van der Waals surface area contributed by atoms with E-state index in [4.69, 9.17) is 0 Å². The van der Waals surface area contributed by atoms with Crippen molar-refractivity contribution in [2.75, 3.05) is 0 Å². The second-order valence-corrected chi connectivity index (χ2v) is 4.72. The first-order chi connectivity index (χ1) is 6.66. The van der Waals surface area contributed by atoms with Crippen molar-refractivity contribution < 1.29 is 5.11 Å². The van der Waals surface area contributed by atoms with Gasteiger partial charge in [0.25, 0.3) is 0 Å². The number of benzene rings is 1. The second-order valence-electron chi connectivity index (χ2n) is 3.81. The summed E-state index contributed by atoms with van der Waals surface area (Å²) in [7, 11) is 0. The van der Waals surface area contributed by atoms with Crippen molar-refractivity contribution in [3.63, 3.8) is 0 Å². The Kier molecular flexibility index (Phi) is 2.57. The molecule has 1 aromatic heterocycles. The van der Waals surface area contributed by atoms with E-state index in [1.807, 2.05) is 6.92 Å². The highest BCUT2D eigenvalue weighted by atomic mass is 32.1. The molecule has 0 aliphatic heterocycles. The van der Waals surface area contributed by atoms with Crippen LogP contribution in [0, 0.1) is 6.92 Å². The van der Waals surface area contributed by atoms with Crippen molar-refractivity contribution in [3.05, 3.63) is 34.7 Å². The summed E-state index contributed by atoms with van der Waals surface area (Å²) in [6.07, 6.45) is 0.497. The number of thiophene rings is 1. The van der Waals surface area contributed by atoms with Crippen LogP contribution in [0.4, 0.5) is 0 Å². The van der Waals surface area contributed by atoms with Gasteiger partial charge in [0.1, 0.15) is 0 Å². The molecule has 0 aliphatic rings. The quantitative estimate of drug-likeness (QED) is 0.800. The van der Waals surface area contributed by atoms with Crippen LogP contribution in [0.1, 0.15) is 18.1 Å². The Morgan fingerprint density at radius 3 is 2.93 bits per heavy atom. The molecule has 1 nitrogen and oxygen atoms in total. The molecule has 1 atom stereocenters. The largest absolute Gasteiger partial charge is 0.393 e. The normalized spacial score (nSPS) is 13.4. The monoisotopic (exact) mass is 206 g/mol. The van der Waals surface area contributed by atoms with Gasteiger partial charge >= 0.3 is 0 Å².